The molecule has 21 heteroatoms. The van der Waals surface area contributed by atoms with Gasteiger partial charge in [-0.05, 0) is 81.9 Å². The van der Waals surface area contributed by atoms with Crippen molar-refractivity contribution < 1.29 is 57.5 Å². The number of hydrazine groups is 1. The number of amides is 9. The third kappa shape index (κ3) is 18.7. The number of hydroxylamine groups is 2. The smallest absolute Gasteiger partial charge is 0.269 e. The molecular weight excluding hydrogens is 1000 g/mol. The summed E-state index contributed by atoms with van der Waals surface area (Å²) in [6.07, 6.45) is 7.17. The zero-order valence-electron chi connectivity index (χ0n) is 48.3. The van der Waals surface area contributed by atoms with Gasteiger partial charge in [0.2, 0.25) is 35.4 Å². The number of ether oxygens (including phenoxy) is 2. The number of carbonyl (C=O) groups excluding carboxylic acids is 9. The van der Waals surface area contributed by atoms with Crippen molar-refractivity contribution in [3.8, 4) is 0 Å². The van der Waals surface area contributed by atoms with Gasteiger partial charge in [0.1, 0.15) is 12.1 Å². The number of hydrogen-bond donors (Lipinski definition) is 4. The van der Waals surface area contributed by atoms with Crippen LogP contribution in [0.25, 0.3) is 0 Å². The van der Waals surface area contributed by atoms with Gasteiger partial charge in [0.05, 0.1) is 49.3 Å². The lowest BCUT2D eigenvalue weighted by Crippen LogP contribution is -2.60. The van der Waals surface area contributed by atoms with E-state index in [4.69, 9.17) is 14.3 Å². The Balaban J connectivity index is 1.34. The first-order chi connectivity index (χ1) is 37.1. The predicted octanol–water partition coefficient (Wildman–Crippen LogP) is 3.70. The van der Waals surface area contributed by atoms with Gasteiger partial charge in [0, 0.05) is 72.3 Å². The number of imide groups is 1. The maximum atomic E-state index is 14.7. The number of likely N-dealkylation sites (tertiary alicyclic amines) is 1. The first-order valence-corrected chi connectivity index (χ1v) is 28.2. The standard InChI is InChI=1S/C57H91N9O12/c1-12-39(6)52(44(76-10)36-49(71)64-32-21-25-43(64)53(77-11)40(7)54(72)58-42(35-41-23-15-13-16-24-41)56(74)66-33-19-20-34-78-66)63(9)57(75)50(37(2)3)59-55(73)51(38(4)5)62(8)30-22-27-46(68)61-60-45(67)26-17-14-18-31-65-47(69)28-29-48(65)70/h13,15-16,23-24,28-29,37-40,42-44,50-53H,12,14,17-22,25-27,30-36H2,1-11H3,(H,58,72)(H,59,73)(H,60,67)(H,61,68)/t39-,40+,42-,43-,44+,50-,51-,52-,53+/m0/s1. The molecule has 2 fully saturated rings. The molecule has 3 aliphatic rings. The van der Waals surface area contributed by atoms with Gasteiger partial charge in [-0.1, -0.05) is 91.6 Å². The molecule has 0 bridgehead atoms. The van der Waals surface area contributed by atoms with Gasteiger partial charge >= 0.3 is 0 Å². The van der Waals surface area contributed by atoms with E-state index in [1.807, 2.05) is 76.8 Å². The highest BCUT2D eigenvalue weighted by Gasteiger charge is 2.44. The Bertz CT molecular complexity index is 2170. The number of unbranched alkanes of at least 4 members (excludes halogenated alkanes) is 2. The Hall–Kier alpha value is -5.77. The quantitative estimate of drug-likeness (QED) is 0.0472. The van der Waals surface area contributed by atoms with Crippen LogP contribution in [-0.2, 0) is 63.9 Å². The van der Waals surface area contributed by atoms with Crippen molar-refractivity contribution in [2.45, 2.75) is 174 Å². The molecular formula is C57H91N9O12. The summed E-state index contributed by atoms with van der Waals surface area (Å²) in [5.41, 5.74) is 5.75. The van der Waals surface area contributed by atoms with E-state index < -0.39 is 54.2 Å². The highest BCUT2D eigenvalue weighted by molar-refractivity contribution is 6.12. The number of hydrogen-bond acceptors (Lipinski definition) is 13. The van der Waals surface area contributed by atoms with Crippen LogP contribution in [0.4, 0.5) is 0 Å². The average Bonchev–Trinajstić information content (AvgIpc) is 4.04. The summed E-state index contributed by atoms with van der Waals surface area (Å²) >= 11 is 0. The Kier molecular flexibility index (Phi) is 26.8. The van der Waals surface area contributed by atoms with Gasteiger partial charge < -0.3 is 29.9 Å². The topological polar surface area (TPSA) is 246 Å². The Labute approximate surface area is 462 Å². The fourth-order valence-electron chi connectivity index (χ4n) is 10.9. The van der Waals surface area contributed by atoms with E-state index in [0.717, 1.165) is 23.3 Å². The van der Waals surface area contributed by atoms with Gasteiger partial charge in [0.15, 0.2) is 0 Å². The molecule has 3 aliphatic heterocycles. The number of carbonyl (C=O) groups is 9. The monoisotopic (exact) mass is 1090 g/mol. The number of methoxy groups -OCH3 is 2. The second-order valence-electron chi connectivity index (χ2n) is 21.9. The van der Waals surface area contributed by atoms with Crippen molar-refractivity contribution in [1.82, 2.24) is 46.1 Å². The number of nitrogens with one attached hydrogen (secondary N) is 4. The second-order valence-corrected chi connectivity index (χ2v) is 21.9. The van der Waals surface area contributed by atoms with Gasteiger partial charge in [-0.2, -0.15) is 0 Å². The fourth-order valence-corrected chi connectivity index (χ4v) is 10.9. The number of benzene rings is 1. The molecule has 0 spiro atoms. The van der Waals surface area contributed by atoms with Crippen molar-refractivity contribution in [3.63, 3.8) is 0 Å². The predicted molar refractivity (Wildman–Crippen MR) is 293 cm³/mol. The molecule has 1 aromatic carbocycles. The molecule has 0 aromatic heterocycles. The lowest BCUT2D eigenvalue weighted by molar-refractivity contribution is -0.199. The third-order valence-corrected chi connectivity index (χ3v) is 15.5. The molecule has 9 amide bonds. The van der Waals surface area contributed by atoms with E-state index in [-0.39, 0.29) is 97.2 Å². The van der Waals surface area contributed by atoms with Crippen molar-refractivity contribution in [2.24, 2.45) is 23.7 Å². The molecule has 0 unspecified atom stereocenters. The molecule has 0 radical (unpaired) electrons. The minimum absolute atomic E-state index is 0.0590. The highest BCUT2D eigenvalue weighted by Crippen LogP contribution is 2.30. The van der Waals surface area contributed by atoms with E-state index in [9.17, 15) is 43.2 Å². The van der Waals surface area contributed by atoms with Crippen molar-refractivity contribution in [1.29, 1.82) is 0 Å². The fraction of sp³-hybridized carbons (Fsp3) is 0.702. The maximum Gasteiger partial charge on any atom is 0.269 e. The van der Waals surface area contributed by atoms with Crippen LogP contribution in [0.3, 0.4) is 0 Å². The van der Waals surface area contributed by atoms with Gasteiger partial charge in [0.25, 0.3) is 17.7 Å². The largest absolute Gasteiger partial charge is 0.379 e. The third-order valence-electron chi connectivity index (χ3n) is 15.5. The summed E-state index contributed by atoms with van der Waals surface area (Å²) in [4.78, 5) is 132. The summed E-state index contributed by atoms with van der Waals surface area (Å²) in [5, 5.41) is 7.41. The number of rotatable bonds is 31. The first kappa shape index (κ1) is 64.8. The minimum atomic E-state index is -0.921. The van der Waals surface area contributed by atoms with Crippen molar-refractivity contribution in [2.75, 3.05) is 61.1 Å². The molecule has 3 heterocycles. The van der Waals surface area contributed by atoms with E-state index in [0.29, 0.717) is 71.2 Å². The molecule has 0 aliphatic carbocycles. The zero-order chi connectivity index (χ0) is 57.6. The second kappa shape index (κ2) is 32.3. The van der Waals surface area contributed by atoms with Crippen molar-refractivity contribution >= 4 is 53.2 Å². The highest BCUT2D eigenvalue weighted by atomic mass is 16.7. The number of likely N-dealkylation sites (N-methyl/N-ethyl adjacent to an activating group) is 2. The van der Waals surface area contributed by atoms with Crippen LogP contribution in [0.2, 0.25) is 0 Å². The summed E-state index contributed by atoms with van der Waals surface area (Å²) in [6.45, 7) is 15.3. The number of nitrogens with zero attached hydrogens (tertiary/aromatic N) is 5. The SMILES string of the molecule is CC[C@H](C)[C@@H]([C@@H](CC(=O)N1CCC[C@H]1[C@H](OC)[C@@H](C)C(=O)N[C@@H](Cc1ccccc1)C(=O)N1CCCCO1)OC)N(C)C(=O)[C@@H](NC(=O)[C@H](C(C)C)N(C)CCCC(=O)NNC(=O)CCCCCN1C(=O)C=CC1=O)C(C)C. The van der Waals surface area contributed by atoms with E-state index in [1.54, 1.807) is 30.8 Å². The zero-order valence-corrected chi connectivity index (χ0v) is 48.3. The van der Waals surface area contributed by atoms with E-state index >= 15 is 0 Å². The van der Waals surface area contributed by atoms with Crippen LogP contribution in [0.5, 0.6) is 0 Å². The van der Waals surface area contributed by atoms with Crippen LogP contribution in [0.15, 0.2) is 42.5 Å². The van der Waals surface area contributed by atoms with Crippen LogP contribution in [0.1, 0.15) is 131 Å². The summed E-state index contributed by atoms with van der Waals surface area (Å²) < 4.78 is 12.2. The molecule has 2 saturated heterocycles. The first-order valence-electron chi connectivity index (χ1n) is 28.2. The summed E-state index contributed by atoms with van der Waals surface area (Å²) in [7, 11) is 6.53. The van der Waals surface area contributed by atoms with Crippen LogP contribution >= 0.6 is 0 Å². The maximum absolute atomic E-state index is 14.7. The van der Waals surface area contributed by atoms with Crippen molar-refractivity contribution in [3.05, 3.63) is 48.0 Å². The van der Waals surface area contributed by atoms with Gasteiger partial charge in [-0.25, -0.2) is 5.06 Å². The molecule has 21 nitrogen and oxygen atoms in total. The molecule has 0 saturated carbocycles. The van der Waals surface area contributed by atoms with Gasteiger partial charge in [-0.3, -0.25) is 68.6 Å². The Morgan fingerprint density at radius 1 is 0.769 bits per heavy atom. The summed E-state index contributed by atoms with van der Waals surface area (Å²) in [6, 6.07) is 6.02. The van der Waals surface area contributed by atoms with Crippen LogP contribution in [-0.4, -0.2) is 181 Å². The summed E-state index contributed by atoms with van der Waals surface area (Å²) in [5.74, 6) is -4.36. The Morgan fingerprint density at radius 3 is 2.00 bits per heavy atom. The molecule has 1 aromatic rings. The molecule has 78 heavy (non-hydrogen) atoms. The Morgan fingerprint density at radius 2 is 1.42 bits per heavy atom. The normalized spacial score (nSPS) is 18.8. The van der Waals surface area contributed by atoms with Gasteiger partial charge in [-0.15, -0.1) is 0 Å². The lowest BCUT2D eigenvalue weighted by atomic mass is 9.89. The van der Waals surface area contributed by atoms with E-state index in [1.165, 1.54) is 31.4 Å². The molecule has 9 atom stereocenters. The van der Waals surface area contributed by atoms with Crippen LogP contribution < -0.4 is 21.5 Å². The molecule has 4 rings (SSSR count). The average molecular weight is 1090 g/mol. The minimum Gasteiger partial charge on any atom is -0.379 e. The van der Waals surface area contributed by atoms with Crippen LogP contribution in [0, 0.1) is 23.7 Å². The molecule has 436 valence electrons. The molecule has 4 N–H and O–H groups in total. The van der Waals surface area contributed by atoms with E-state index in [2.05, 4.69) is 21.5 Å². The lowest BCUT2D eigenvalue weighted by Gasteiger charge is -2.41.